The zero-order valence-electron chi connectivity index (χ0n) is 11.8. The SMILES string of the molecule is Cc1cc(C(=O)N(CCO)Cc2ccccc2)c(C)s1. The van der Waals surface area contributed by atoms with E-state index in [0.29, 0.717) is 13.1 Å². The quantitative estimate of drug-likeness (QED) is 0.919. The molecule has 1 heterocycles. The van der Waals surface area contributed by atoms with Crippen molar-refractivity contribution in [1.29, 1.82) is 0 Å². The first kappa shape index (κ1) is 14.8. The molecule has 0 radical (unpaired) electrons. The second-order valence-corrected chi connectivity index (χ2v) is 6.22. The van der Waals surface area contributed by atoms with E-state index >= 15 is 0 Å². The molecule has 2 aromatic rings. The zero-order valence-corrected chi connectivity index (χ0v) is 12.6. The summed E-state index contributed by atoms with van der Waals surface area (Å²) in [5.41, 5.74) is 1.82. The summed E-state index contributed by atoms with van der Waals surface area (Å²) in [4.78, 5) is 16.5. The molecule has 0 bridgehead atoms. The molecular weight excluding hydrogens is 270 g/mol. The van der Waals surface area contributed by atoms with Crippen LogP contribution in [0.5, 0.6) is 0 Å². The number of aliphatic hydroxyl groups excluding tert-OH is 1. The molecule has 0 spiro atoms. The van der Waals surface area contributed by atoms with Crippen LogP contribution in [-0.4, -0.2) is 29.1 Å². The lowest BCUT2D eigenvalue weighted by atomic mass is 10.1. The maximum absolute atomic E-state index is 12.6. The van der Waals surface area contributed by atoms with E-state index in [1.807, 2.05) is 50.2 Å². The van der Waals surface area contributed by atoms with Crippen LogP contribution in [0.15, 0.2) is 36.4 Å². The molecule has 0 aliphatic heterocycles. The summed E-state index contributed by atoms with van der Waals surface area (Å²) in [6, 6.07) is 11.8. The van der Waals surface area contributed by atoms with Crippen molar-refractivity contribution in [1.82, 2.24) is 4.90 Å². The Hall–Kier alpha value is -1.65. The van der Waals surface area contributed by atoms with E-state index in [9.17, 15) is 9.90 Å². The maximum Gasteiger partial charge on any atom is 0.255 e. The van der Waals surface area contributed by atoms with Crippen molar-refractivity contribution >= 4 is 17.2 Å². The minimum Gasteiger partial charge on any atom is -0.395 e. The molecule has 4 heteroatoms. The molecule has 2 rings (SSSR count). The molecule has 1 aromatic heterocycles. The van der Waals surface area contributed by atoms with Gasteiger partial charge in [-0.3, -0.25) is 4.79 Å². The van der Waals surface area contributed by atoms with E-state index in [4.69, 9.17) is 0 Å². The lowest BCUT2D eigenvalue weighted by Crippen LogP contribution is -2.33. The number of rotatable bonds is 5. The highest BCUT2D eigenvalue weighted by Gasteiger charge is 2.19. The third-order valence-corrected chi connectivity index (χ3v) is 4.11. The van der Waals surface area contributed by atoms with E-state index in [0.717, 1.165) is 20.9 Å². The second kappa shape index (κ2) is 6.68. The fraction of sp³-hybridized carbons (Fsp3) is 0.312. The Bertz CT molecular complexity index is 577. The first-order valence-corrected chi connectivity index (χ1v) is 7.44. The Morgan fingerprint density at radius 2 is 1.95 bits per heavy atom. The number of amides is 1. The van der Waals surface area contributed by atoms with Gasteiger partial charge in [0.05, 0.1) is 12.2 Å². The number of nitrogens with zero attached hydrogens (tertiary/aromatic N) is 1. The fourth-order valence-electron chi connectivity index (χ4n) is 2.19. The molecule has 1 aromatic carbocycles. The van der Waals surface area contributed by atoms with E-state index in [-0.39, 0.29) is 12.5 Å². The zero-order chi connectivity index (χ0) is 14.5. The molecule has 3 nitrogen and oxygen atoms in total. The van der Waals surface area contributed by atoms with Crippen molar-refractivity contribution in [2.45, 2.75) is 20.4 Å². The van der Waals surface area contributed by atoms with E-state index in [1.165, 1.54) is 0 Å². The summed E-state index contributed by atoms with van der Waals surface area (Å²) in [5.74, 6) is -0.00949. The van der Waals surface area contributed by atoms with Crippen LogP contribution in [-0.2, 0) is 6.54 Å². The first-order chi connectivity index (χ1) is 9.61. The summed E-state index contributed by atoms with van der Waals surface area (Å²) in [6.45, 7) is 4.81. The van der Waals surface area contributed by atoms with Crippen molar-refractivity contribution in [2.75, 3.05) is 13.2 Å². The Morgan fingerprint density at radius 1 is 1.25 bits per heavy atom. The Kier molecular flexibility index (Phi) is 4.93. The van der Waals surface area contributed by atoms with Crippen molar-refractivity contribution in [3.05, 3.63) is 57.3 Å². The van der Waals surface area contributed by atoms with Crippen molar-refractivity contribution in [3.63, 3.8) is 0 Å². The Labute approximate surface area is 123 Å². The normalized spacial score (nSPS) is 10.6. The number of carbonyl (C=O) groups excluding carboxylic acids is 1. The van der Waals surface area contributed by atoms with Gasteiger partial charge in [-0.2, -0.15) is 0 Å². The lowest BCUT2D eigenvalue weighted by Gasteiger charge is -2.22. The van der Waals surface area contributed by atoms with Gasteiger partial charge in [0.15, 0.2) is 0 Å². The van der Waals surface area contributed by atoms with Gasteiger partial charge in [-0.1, -0.05) is 30.3 Å². The predicted molar refractivity (Wildman–Crippen MR) is 82.1 cm³/mol. The van der Waals surface area contributed by atoms with Gasteiger partial charge in [-0.15, -0.1) is 11.3 Å². The number of benzene rings is 1. The summed E-state index contributed by atoms with van der Waals surface area (Å²) in [5, 5.41) is 9.19. The number of aliphatic hydroxyl groups is 1. The van der Waals surface area contributed by atoms with Crippen LogP contribution >= 0.6 is 11.3 Å². The van der Waals surface area contributed by atoms with Crippen molar-refractivity contribution < 1.29 is 9.90 Å². The van der Waals surface area contributed by atoms with E-state index in [1.54, 1.807) is 16.2 Å². The Balaban J connectivity index is 2.20. The van der Waals surface area contributed by atoms with Gasteiger partial charge in [-0.05, 0) is 25.5 Å². The van der Waals surface area contributed by atoms with Gasteiger partial charge in [-0.25, -0.2) is 0 Å². The summed E-state index contributed by atoms with van der Waals surface area (Å²) < 4.78 is 0. The minimum atomic E-state index is -0.0270. The van der Waals surface area contributed by atoms with Gasteiger partial charge >= 0.3 is 0 Å². The van der Waals surface area contributed by atoms with Crippen molar-refractivity contribution in [2.24, 2.45) is 0 Å². The summed E-state index contributed by atoms with van der Waals surface area (Å²) in [7, 11) is 0. The molecule has 1 amide bonds. The average Bonchev–Trinajstić information content (AvgIpc) is 2.77. The van der Waals surface area contributed by atoms with E-state index in [2.05, 4.69) is 0 Å². The second-order valence-electron chi connectivity index (χ2n) is 4.76. The minimum absolute atomic E-state index is 0.00949. The molecule has 0 aliphatic rings. The molecule has 0 fully saturated rings. The number of thiophene rings is 1. The molecule has 0 saturated carbocycles. The molecule has 0 saturated heterocycles. The van der Waals surface area contributed by atoms with E-state index < -0.39 is 0 Å². The number of hydrogen-bond acceptors (Lipinski definition) is 3. The number of hydrogen-bond donors (Lipinski definition) is 1. The highest BCUT2D eigenvalue weighted by molar-refractivity contribution is 7.12. The van der Waals surface area contributed by atoms with Gasteiger partial charge in [0, 0.05) is 22.8 Å². The highest BCUT2D eigenvalue weighted by atomic mass is 32.1. The lowest BCUT2D eigenvalue weighted by molar-refractivity contribution is 0.0707. The van der Waals surface area contributed by atoms with Crippen LogP contribution in [0, 0.1) is 13.8 Å². The van der Waals surface area contributed by atoms with Crippen LogP contribution in [0.4, 0.5) is 0 Å². The topological polar surface area (TPSA) is 40.5 Å². The van der Waals surface area contributed by atoms with Crippen LogP contribution in [0.3, 0.4) is 0 Å². The van der Waals surface area contributed by atoms with Crippen LogP contribution in [0.1, 0.15) is 25.7 Å². The molecule has 0 aliphatic carbocycles. The molecule has 20 heavy (non-hydrogen) atoms. The van der Waals surface area contributed by atoms with Crippen molar-refractivity contribution in [3.8, 4) is 0 Å². The smallest absolute Gasteiger partial charge is 0.255 e. The molecule has 0 unspecified atom stereocenters. The van der Waals surface area contributed by atoms with Gasteiger partial charge in [0.2, 0.25) is 0 Å². The van der Waals surface area contributed by atoms with Crippen LogP contribution in [0.25, 0.3) is 0 Å². The third-order valence-electron chi connectivity index (χ3n) is 3.14. The molecule has 0 atom stereocenters. The largest absolute Gasteiger partial charge is 0.395 e. The van der Waals surface area contributed by atoms with Gasteiger partial charge < -0.3 is 10.0 Å². The average molecular weight is 289 g/mol. The maximum atomic E-state index is 12.6. The van der Waals surface area contributed by atoms with Crippen LogP contribution < -0.4 is 0 Å². The Morgan fingerprint density at radius 3 is 2.50 bits per heavy atom. The third kappa shape index (κ3) is 3.46. The van der Waals surface area contributed by atoms with Crippen LogP contribution in [0.2, 0.25) is 0 Å². The van der Waals surface area contributed by atoms with Gasteiger partial charge in [0.25, 0.3) is 5.91 Å². The summed E-state index contributed by atoms with van der Waals surface area (Å²) in [6.07, 6.45) is 0. The predicted octanol–water partition coefficient (Wildman–Crippen LogP) is 3.00. The monoisotopic (exact) mass is 289 g/mol. The van der Waals surface area contributed by atoms with Gasteiger partial charge in [0.1, 0.15) is 0 Å². The fourth-order valence-corrected chi connectivity index (χ4v) is 3.11. The number of carbonyl (C=O) groups is 1. The highest BCUT2D eigenvalue weighted by Crippen LogP contribution is 2.22. The standard InChI is InChI=1S/C16H19NO2S/c1-12-10-15(13(2)20-12)16(19)17(8-9-18)11-14-6-4-3-5-7-14/h3-7,10,18H,8-9,11H2,1-2H3. The molecular formula is C16H19NO2S. The first-order valence-electron chi connectivity index (χ1n) is 6.63. The number of aryl methyl sites for hydroxylation is 2. The molecule has 1 N–H and O–H groups in total. The molecule has 106 valence electrons. The summed E-state index contributed by atoms with van der Waals surface area (Å²) >= 11 is 1.63.